The summed E-state index contributed by atoms with van der Waals surface area (Å²) in [7, 11) is 1.60. The van der Waals surface area contributed by atoms with Crippen molar-refractivity contribution < 1.29 is 14.3 Å². The third-order valence-corrected chi connectivity index (χ3v) is 5.49. The van der Waals surface area contributed by atoms with Crippen molar-refractivity contribution in [2.45, 2.75) is 77.2 Å². The summed E-state index contributed by atoms with van der Waals surface area (Å²) in [6.07, 6.45) is 10.3. The lowest BCUT2D eigenvalue weighted by atomic mass is 9.71. The molecule has 0 heterocycles. The van der Waals surface area contributed by atoms with E-state index in [-0.39, 0.29) is 17.5 Å². The second-order valence-corrected chi connectivity index (χ2v) is 7.39. The van der Waals surface area contributed by atoms with E-state index in [1.807, 2.05) is 0 Å². The number of nitriles is 1. The molecule has 1 saturated carbocycles. The van der Waals surface area contributed by atoms with Crippen LogP contribution in [0.4, 0.5) is 0 Å². The van der Waals surface area contributed by atoms with E-state index in [1.54, 1.807) is 31.4 Å². The van der Waals surface area contributed by atoms with Crippen LogP contribution in [0.5, 0.6) is 5.75 Å². The number of carbonyl (C=O) groups excluding carboxylic acids is 1. The summed E-state index contributed by atoms with van der Waals surface area (Å²) in [5.41, 5.74) is 0.328. The topological polar surface area (TPSA) is 59.3 Å². The smallest absolute Gasteiger partial charge is 0.338 e. The monoisotopic (exact) mass is 357 g/mol. The summed E-state index contributed by atoms with van der Waals surface area (Å²) in [4.78, 5) is 12.3. The number of methoxy groups -OCH3 is 1. The van der Waals surface area contributed by atoms with E-state index in [9.17, 15) is 10.1 Å². The van der Waals surface area contributed by atoms with E-state index in [2.05, 4.69) is 13.0 Å². The number of benzene rings is 1. The predicted octanol–water partition coefficient (Wildman–Crippen LogP) is 5.67. The SMILES string of the molecule is CCCCCCC[C@]1(C#N)CC[C@H](OC(=O)c2ccc(OC)cc2)CC1. The maximum atomic E-state index is 12.3. The van der Waals surface area contributed by atoms with Crippen molar-refractivity contribution in [2.75, 3.05) is 7.11 Å². The number of nitrogens with zero attached hydrogens (tertiary/aromatic N) is 1. The third kappa shape index (κ3) is 5.76. The van der Waals surface area contributed by atoms with E-state index in [0.29, 0.717) is 5.56 Å². The number of unbranched alkanes of at least 4 members (excludes halogenated alkanes) is 4. The molecule has 0 bridgehead atoms. The van der Waals surface area contributed by atoms with E-state index < -0.39 is 0 Å². The average molecular weight is 357 g/mol. The van der Waals surface area contributed by atoms with Crippen molar-refractivity contribution in [1.82, 2.24) is 0 Å². The molecule has 0 amide bonds. The molecule has 1 aromatic rings. The van der Waals surface area contributed by atoms with Gasteiger partial charge in [-0.05, 0) is 56.4 Å². The van der Waals surface area contributed by atoms with Gasteiger partial charge in [-0.2, -0.15) is 5.26 Å². The third-order valence-electron chi connectivity index (χ3n) is 5.49. The van der Waals surface area contributed by atoms with E-state index in [0.717, 1.165) is 44.3 Å². The summed E-state index contributed by atoms with van der Waals surface area (Å²) < 4.78 is 10.8. The summed E-state index contributed by atoms with van der Waals surface area (Å²) in [6, 6.07) is 9.54. The first-order chi connectivity index (χ1) is 12.6. The minimum Gasteiger partial charge on any atom is -0.497 e. The Morgan fingerprint density at radius 1 is 1.15 bits per heavy atom. The van der Waals surface area contributed by atoms with Gasteiger partial charge in [0.05, 0.1) is 24.2 Å². The Kier molecular flexibility index (Phi) is 7.97. The van der Waals surface area contributed by atoms with Crippen molar-refractivity contribution in [3.05, 3.63) is 29.8 Å². The first-order valence-electron chi connectivity index (χ1n) is 9.89. The fourth-order valence-electron chi connectivity index (χ4n) is 3.69. The summed E-state index contributed by atoms with van der Waals surface area (Å²) >= 11 is 0. The zero-order valence-corrected chi connectivity index (χ0v) is 16.1. The van der Waals surface area contributed by atoms with Crippen molar-refractivity contribution in [1.29, 1.82) is 5.26 Å². The quantitative estimate of drug-likeness (QED) is 0.422. The van der Waals surface area contributed by atoms with Crippen LogP contribution in [0.15, 0.2) is 24.3 Å². The highest BCUT2D eigenvalue weighted by atomic mass is 16.5. The lowest BCUT2D eigenvalue weighted by Gasteiger charge is -2.34. The lowest BCUT2D eigenvalue weighted by molar-refractivity contribution is 0.0105. The second-order valence-electron chi connectivity index (χ2n) is 7.39. The van der Waals surface area contributed by atoms with Crippen LogP contribution in [0.25, 0.3) is 0 Å². The molecule has 0 saturated heterocycles. The molecule has 4 heteroatoms. The molecule has 2 rings (SSSR count). The number of rotatable bonds is 9. The van der Waals surface area contributed by atoms with Crippen LogP contribution < -0.4 is 4.74 Å². The maximum Gasteiger partial charge on any atom is 0.338 e. The molecule has 1 fully saturated rings. The highest BCUT2D eigenvalue weighted by molar-refractivity contribution is 5.89. The zero-order valence-electron chi connectivity index (χ0n) is 16.1. The van der Waals surface area contributed by atoms with Crippen LogP contribution in [0, 0.1) is 16.7 Å². The Balaban J connectivity index is 1.78. The van der Waals surface area contributed by atoms with E-state index in [4.69, 9.17) is 9.47 Å². The van der Waals surface area contributed by atoms with Gasteiger partial charge in [-0.1, -0.05) is 39.0 Å². The van der Waals surface area contributed by atoms with Gasteiger partial charge in [0.1, 0.15) is 11.9 Å². The van der Waals surface area contributed by atoms with Gasteiger partial charge in [-0.3, -0.25) is 0 Å². The first kappa shape index (κ1) is 20.3. The van der Waals surface area contributed by atoms with Gasteiger partial charge in [-0.15, -0.1) is 0 Å². The van der Waals surface area contributed by atoms with Gasteiger partial charge in [0.15, 0.2) is 0 Å². The van der Waals surface area contributed by atoms with Gasteiger partial charge in [0.2, 0.25) is 0 Å². The van der Waals surface area contributed by atoms with Gasteiger partial charge in [-0.25, -0.2) is 4.79 Å². The van der Waals surface area contributed by atoms with Crippen LogP contribution in [0.2, 0.25) is 0 Å². The molecule has 142 valence electrons. The van der Waals surface area contributed by atoms with Crippen LogP contribution in [0.3, 0.4) is 0 Å². The molecule has 0 radical (unpaired) electrons. The molecular weight excluding hydrogens is 326 g/mol. The molecule has 26 heavy (non-hydrogen) atoms. The number of hydrogen-bond donors (Lipinski definition) is 0. The van der Waals surface area contributed by atoms with Crippen molar-refractivity contribution in [3.8, 4) is 11.8 Å². The second kappa shape index (κ2) is 10.2. The highest BCUT2D eigenvalue weighted by Gasteiger charge is 2.36. The fraction of sp³-hybridized carbons (Fsp3) is 0.636. The van der Waals surface area contributed by atoms with E-state index in [1.165, 1.54) is 25.7 Å². The molecule has 0 aliphatic heterocycles. The fourth-order valence-corrected chi connectivity index (χ4v) is 3.69. The largest absolute Gasteiger partial charge is 0.497 e. The molecule has 0 aromatic heterocycles. The van der Waals surface area contributed by atoms with Crippen molar-refractivity contribution in [3.63, 3.8) is 0 Å². The molecule has 0 unspecified atom stereocenters. The Labute approximate surface area is 157 Å². The minimum absolute atomic E-state index is 0.0776. The summed E-state index contributed by atoms with van der Waals surface area (Å²) in [5.74, 6) is 0.429. The molecule has 1 aliphatic carbocycles. The number of ether oxygens (including phenoxy) is 2. The van der Waals surface area contributed by atoms with Gasteiger partial charge in [0, 0.05) is 0 Å². The normalized spacial score (nSPS) is 22.4. The lowest BCUT2D eigenvalue weighted by Crippen LogP contribution is -2.31. The maximum absolute atomic E-state index is 12.3. The summed E-state index contributed by atoms with van der Waals surface area (Å²) in [6.45, 7) is 2.21. The first-order valence-corrected chi connectivity index (χ1v) is 9.89. The van der Waals surface area contributed by atoms with Crippen LogP contribution in [-0.4, -0.2) is 19.2 Å². The Morgan fingerprint density at radius 2 is 1.81 bits per heavy atom. The number of hydrogen-bond acceptors (Lipinski definition) is 4. The van der Waals surface area contributed by atoms with Crippen LogP contribution in [-0.2, 0) is 4.74 Å². The Morgan fingerprint density at radius 3 is 2.38 bits per heavy atom. The molecule has 1 aliphatic rings. The average Bonchev–Trinajstić information content (AvgIpc) is 2.69. The summed E-state index contributed by atoms with van der Waals surface area (Å²) in [5, 5.41) is 9.67. The van der Waals surface area contributed by atoms with Gasteiger partial charge < -0.3 is 9.47 Å². The van der Waals surface area contributed by atoms with Crippen molar-refractivity contribution in [2.24, 2.45) is 5.41 Å². The van der Waals surface area contributed by atoms with Gasteiger partial charge >= 0.3 is 5.97 Å². The van der Waals surface area contributed by atoms with Gasteiger partial charge in [0.25, 0.3) is 0 Å². The Hall–Kier alpha value is -2.02. The molecule has 0 spiro atoms. The predicted molar refractivity (Wildman–Crippen MR) is 102 cm³/mol. The zero-order chi connectivity index (χ0) is 18.8. The number of carbonyl (C=O) groups is 1. The van der Waals surface area contributed by atoms with E-state index >= 15 is 0 Å². The molecule has 0 N–H and O–H groups in total. The molecule has 4 nitrogen and oxygen atoms in total. The minimum atomic E-state index is -0.290. The molecule has 0 atom stereocenters. The van der Waals surface area contributed by atoms with Crippen LogP contribution >= 0.6 is 0 Å². The highest BCUT2D eigenvalue weighted by Crippen LogP contribution is 2.41. The Bertz CT molecular complexity index is 595. The standard InChI is InChI=1S/C22H31NO3/c1-3-4-5-6-7-14-22(17-23)15-12-20(13-16-22)26-21(24)18-8-10-19(25-2)11-9-18/h8-11,20H,3-7,12-16H2,1-2H3/t20-,22-. The van der Waals surface area contributed by atoms with Crippen LogP contribution in [0.1, 0.15) is 81.5 Å². The molecule has 1 aromatic carbocycles. The number of esters is 1. The molecular formula is C22H31NO3. The van der Waals surface area contributed by atoms with Crippen molar-refractivity contribution >= 4 is 5.97 Å².